The third-order valence-electron chi connectivity index (χ3n) is 6.20. The average molecular weight is 528 g/mol. The highest BCUT2D eigenvalue weighted by Crippen LogP contribution is 2.26. The van der Waals surface area contributed by atoms with Gasteiger partial charge in [-0.05, 0) is 24.6 Å². The minimum atomic E-state index is -3.51. The van der Waals surface area contributed by atoms with Gasteiger partial charge in [-0.25, -0.2) is 13.1 Å². The van der Waals surface area contributed by atoms with Crippen LogP contribution in [-0.2, 0) is 10.0 Å². The summed E-state index contributed by atoms with van der Waals surface area (Å²) in [5.41, 5.74) is 0.660. The van der Waals surface area contributed by atoms with Gasteiger partial charge in [0.1, 0.15) is 4.90 Å². The Labute approximate surface area is 204 Å². The maximum Gasteiger partial charge on any atom is 0.242 e. The molecule has 0 aliphatic carbocycles. The van der Waals surface area contributed by atoms with Gasteiger partial charge < -0.3 is 4.98 Å². The van der Waals surface area contributed by atoms with Crippen molar-refractivity contribution in [3.8, 4) is 0 Å². The van der Waals surface area contributed by atoms with Crippen molar-refractivity contribution in [2.24, 2.45) is 0 Å². The number of rotatable bonds is 19. The van der Waals surface area contributed by atoms with Crippen LogP contribution in [0, 0.1) is 0 Å². The van der Waals surface area contributed by atoms with Crippen LogP contribution in [0.2, 0.25) is 0 Å². The van der Waals surface area contributed by atoms with E-state index in [9.17, 15) is 8.42 Å². The van der Waals surface area contributed by atoms with Gasteiger partial charge in [-0.2, -0.15) is 0 Å². The Morgan fingerprint density at radius 2 is 1.28 bits per heavy atom. The molecule has 1 aromatic heterocycles. The van der Waals surface area contributed by atoms with Gasteiger partial charge in [0.25, 0.3) is 0 Å². The lowest BCUT2D eigenvalue weighted by Crippen LogP contribution is -2.25. The summed E-state index contributed by atoms with van der Waals surface area (Å²) in [7, 11) is -3.51. The van der Waals surface area contributed by atoms with Gasteiger partial charge in [-0.3, -0.25) is 0 Å². The zero-order chi connectivity index (χ0) is 23.1. The summed E-state index contributed by atoms with van der Waals surface area (Å²) < 4.78 is 28.9. The maximum atomic E-state index is 12.7. The van der Waals surface area contributed by atoms with Crippen LogP contribution in [0.5, 0.6) is 0 Å². The Morgan fingerprint density at radius 1 is 0.781 bits per heavy atom. The molecule has 0 atom stereocenters. The molecular weight excluding hydrogens is 484 g/mol. The van der Waals surface area contributed by atoms with Gasteiger partial charge in [0.15, 0.2) is 0 Å². The lowest BCUT2D eigenvalue weighted by Gasteiger charge is -2.09. The number of benzene rings is 1. The van der Waals surface area contributed by atoms with Crippen LogP contribution in [-0.4, -0.2) is 19.9 Å². The number of aromatic amines is 1. The SMILES string of the molecule is CCCCCCCCCCCCCCCCCCNS(=O)(=O)c1cc(Br)cc2cc[nH]c12. The fourth-order valence-corrected chi connectivity index (χ4v) is 6.20. The van der Waals surface area contributed by atoms with Crippen LogP contribution in [0.1, 0.15) is 110 Å². The van der Waals surface area contributed by atoms with E-state index in [4.69, 9.17) is 0 Å². The van der Waals surface area contributed by atoms with E-state index >= 15 is 0 Å². The lowest BCUT2D eigenvalue weighted by atomic mass is 10.0. The molecular formula is C26H43BrN2O2S. The van der Waals surface area contributed by atoms with E-state index in [0.29, 0.717) is 17.0 Å². The second-order valence-corrected chi connectivity index (χ2v) is 11.7. The first-order valence-electron chi connectivity index (χ1n) is 12.8. The second kappa shape index (κ2) is 15.9. The highest BCUT2D eigenvalue weighted by Gasteiger charge is 2.18. The number of nitrogens with one attached hydrogen (secondary N) is 2. The van der Waals surface area contributed by atoms with Crippen molar-refractivity contribution in [3.05, 3.63) is 28.9 Å². The number of H-pyrrole nitrogens is 1. The van der Waals surface area contributed by atoms with Gasteiger partial charge in [-0.1, -0.05) is 119 Å². The molecule has 0 bridgehead atoms. The van der Waals surface area contributed by atoms with Crippen molar-refractivity contribution in [1.29, 1.82) is 0 Å². The highest BCUT2D eigenvalue weighted by atomic mass is 79.9. The summed E-state index contributed by atoms with van der Waals surface area (Å²) in [5.74, 6) is 0. The topological polar surface area (TPSA) is 62.0 Å². The summed E-state index contributed by atoms with van der Waals surface area (Å²) in [6.07, 6.45) is 22.9. The predicted octanol–water partition coefficient (Wildman–Crippen LogP) is 8.47. The van der Waals surface area contributed by atoms with Gasteiger partial charge in [-0.15, -0.1) is 0 Å². The van der Waals surface area contributed by atoms with Crippen molar-refractivity contribution >= 4 is 36.9 Å². The molecule has 0 spiro atoms. The van der Waals surface area contributed by atoms with Gasteiger partial charge >= 0.3 is 0 Å². The van der Waals surface area contributed by atoms with E-state index in [1.54, 1.807) is 12.3 Å². The summed E-state index contributed by atoms with van der Waals surface area (Å²) in [6, 6.07) is 5.46. The minimum absolute atomic E-state index is 0.309. The largest absolute Gasteiger partial charge is 0.360 e. The van der Waals surface area contributed by atoms with Gasteiger partial charge in [0.2, 0.25) is 10.0 Å². The third kappa shape index (κ3) is 10.4. The second-order valence-electron chi connectivity index (χ2n) is 9.05. The molecule has 0 fully saturated rings. The summed E-state index contributed by atoms with van der Waals surface area (Å²) in [5, 5.41) is 0.891. The molecule has 0 saturated heterocycles. The molecule has 2 aromatic rings. The first-order chi connectivity index (χ1) is 15.5. The van der Waals surface area contributed by atoms with Gasteiger partial charge in [0, 0.05) is 22.6 Å². The number of sulfonamides is 1. The number of hydrogen-bond donors (Lipinski definition) is 2. The normalized spacial score (nSPS) is 12.1. The molecule has 0 unspecified atom stereocenters. The molecule has 32 heavy (non-hydrogen) atoms. The van der Waals surface area contributed by atoms with E-state index in [-0.39, 0.29) is 0 Å². The highest BCUT2D eigenvalue weighted by molar-refractivity contribution is 9.10. The number of halogens is 1. The van der Waals surface area contributed by atoms with Crippen molar-refractivity contribution in [2.45, 2.75) is 115 Å². The number of aromatic nitrogens is 1. The van der Waals surface area contributed by atoms with Crippen molar-refractivity contribution in [2.75, 3.05) is 6.54 Å². The standard InChI is InChI=1S/C26H43BrN2O2S/c1-2-3-4-5-6-7-8-9-10-11-12-13-14-15-16-17-19-29-32(30,31)25-22-24(27)21-23-18-20-28-26(23)25/h18,20-22,28-29H,2-17,19H2,1H3. The molecule has 182 valence electrons. The Bertz CT molecular complexity index is 864. The fourth-order valence-electron chi connectivity index (χ4n) is 4.27. The first kappa shape index (κ1) is 27.4. The number of fused-ring (bicyclic) bond motifs is 1. The fraction of sp³-hybridized carbons (Fsp3) is 0.692. The molecule has 2 rings (SSSR count). The maximum absolute atomic E-state index is 12.7. The number of unbranched alkanes of at least 4 members (excludes halogenated alkanes) is 15. The van der Waals surface area contributed by atoms with Crippen molar-refractivity contribution in [1.82, 2.24) is 9.71 Å². The molecule has 1 heterocycles. The van der Waals surface area contributed by atoms with Crippen molar-refractivity contribution in [3.63, 3.8) is 0 Å². The molecule has 0 saturated carbocycles. The van der Waals surface area contributed by atoms with E-state index < -0.39 is 10.0 Å². The average Bonchev–Trinajstić information content (AvgIpc) is 3.23. The quantitative estimate of drug-likeness (QED) is 0.180. The van der Waals surface area contributed by atoms with Crippen LogP contribution < -0.4 is 4.72 Å². The molecule has 6 heteroatoms. The zero-order valence-corrected chi connectivity index (χ0v) is 22.3. The smallest absolute Gasteiger partial charge is 0.242 e. The molecule has 4 nitrogen and oxygen atoms in total. The Morgan fingerprint density at radius 3 is 1.81 bits per heavy atom. The number of hydrogen-bond acceptors (Lipinski definition) is 2. The molecule has 0 aliphatic heterocycles. The Kier molecular flexibility index (Phi) is 13.6. The Balaban J connectivity index is 1.45. The van der Waals surface area contributed by atoms with E-state index in [1.165, 1.54) is 89.9 Å². The van der Waals surface area contributed by atoms with Crippen molar-refractivity contribution < 1.29 is 8.42 Å². The Hall–Kier alpha value is -0.850. The molecule has 2 N–H and O–H groups in total. The summed E-state index contributed by atoms with van der Waals surface area (Å²) in [6.45, 7) is 2.77. The summed E-state index contributed by atoms with van der Waals surface area (Å²) in [4.78, 5) is 3.35. The first-order valence-corrected chi connectivity index (χ1v) is 15.1. The third-order valence-corrected chi connectivity index (χ3v) is 8.14. The molecule has 0 amide bonds. The molecule has 1 aromatic carbocycles. The van der Waals surface area contributed by atoms with E-state index in [2.05, 4.69) is 32.6 Å². The van der Waals surface area contributed by atoms with Gasteiger partial charge in [0.05, 0.1) is 5.52 Å². The van der Waals surface area contributed by atoms with Crippen LogP contribution >= 0.6 is 15.9 Å². The van der Waals surface area contributed by atoms with Crippen LogP contribution in [0.3, 0.4) is 0 Å². The van der Waals surface area contributed by atoms with E-state index in [0.717, 1.165) is 22.7 Å². The predicted molar refractivity (Wildman–Crippen MR) is 141 cm³/mol. The van der Waals surface area contributed by atoms with Crippen LogP contribution in [0.4, 0.5) is 0 Å². The molecule has 0 radical (unpaired) electrons. The lowest BCUT2D eigenvalue weighted by molar-refractivity contribution is 0.528. The van der Waals surface area contributed by atoms with Crippen LogP contribution in [0.25, 0.3) is 10.9 Å². The van der Waals surface area contributed by atoms with E-state index in [1.807, 2.05) is 12.1 Å². The summed E-state index contributed by atoms with van der Waals surface area (Å²) >= 11 is 3.41. The minimum Gasteiger partial charge on any atom is -0.360 e. The van der Waals surface area contributed by atoms with Crippen LogP contribution in [0.15, 0.2) is 33.8 Å². The molecule has 0 aliphatic rings. The zero-order valence-electron chi connectivity index (χ0n) is 19.9. The monoisotopic (exact) mass is 526 g/mol.